The average Bonchev–Trinajstić information content (AvgIpc) is 3.59. The highest BCUT2D eigenvalue weighted by Gasteiger charge is 2.33. The van der Waals surface area contributed by atoms with Gasteiger partial charge in [-0.3, -0.25) is 19.7 Å². The molecule has 10 heteroatoms. The average molecular weight is 557 g/mol. The normalized spacial score (nSPS) is 16.6. The van der Waals surface area contributed by atoms with Crippen LogP contribution < -0.4 is 26.0 Å². The molecule has 1 aliphatic rings. The Labute approximate surface area is 239 Å². The molecule has 214 valence electrons. The molecule has 10 nitrogen and oxygen atoms in total. The van der Waals surface area contributed by atoms with Gasteiger partial charge < -0.3 is 25.7 Å². The van der Waals surface area contributed by atoms with E-state index in [1.54, 1.807) is 25.3 Å². The number of nitrogens with zero attached hydrogens (tertiary/aromatic N) is 1. The van der Waals surface area contributed by atoms with Gasteiger partial charge in [0.25, 0.3) is 11.8 Å². The van der Waals surface area contributed by atoms with Crippen LogP contribution in [0, 0.1) is 23.2 Å². The molecule has 1 saturated heterocycles. The fourth-order valence-corrected chi connectivity index (χ4v) is 4.93. The van der Waals surface area contributed by atoms with Crippen molar-refractivity contribution in [3.63, 3.8) is 0 Å². The summed E-state index contributed by atoms with van der Waals surface area (Å²) in [6.45, 7) is 4.76. The third-order valence-electron chi connectivity index (χ3n) is 7.01. The Morgan fingerprint density at radius 3 is 2.61 bits per heavy atom. The zero-order valence-corrected chi connectivity index (χ0v) is 23.5. The summed E-state index contributed by atoms with van der Waals surface area (Å²) in [7, 11) is 1.56. The number of nitrogens with one attached hydrogen (secondary N) is 5. The number of hydrogen-bond donors (Lipinski definition) is 5. The number of methoxy groups -OCH3 is 1. The third-order valence-corrected chi connectivity index (χ3v) is 7.01. The standard InChI is InChI=1S/C31H36N6O4/c1-19(2)14-25(37-31(40)26-16-22-23(35-26)10-7-11-28(22)41-3)30(39)36-24(15-21-12-13-33-29(21)38)27(17-32)34-18-20-8-5-4-6-9-20/h4-11,14,16,19,21,24,27,34-35H,12-13,15,18H2,1-3H3,(H,33,38)(H,36,39)(H,37,40)/b25-14+/t21-,24-,27?/m0/s1. The summed E-state index contributed by atoms with van der Waals surface area (Å²) in [6, 6.07) is 17.6. The first-order chi connectivity index (χ1) is 19.8. The number of nitriles is 1. The van der Waals surface area contributed by atoms with Gasteiger partial charge >= 0.3 is 0 Å². The van der Waals surface area contributed by atoms with E-state index in [-0.39, 0.29) is 35.6 Å². The second kappa shape index (κ2) is 13.6. The minimum atomic E-state index is -0.773. The first kappa shape index (κ1) is 29.4. The lowest BCUT2D eigenvalue weighted by Crippen LogP contribution is -2.52. The molecule has 0 saturated carbocycles. The molecule has 1 aliphatic heterocycles. The third kappa shape index (κ3) is 7.52. The predicted molar refractivity (Wildman–Crippen MR) is 156 cm³/mol. The minimum absolute atomic E-state index is 0.0547. The summed E-state index contributed by atoms with van der Waals surface area (Å²) in [6.07, 6.45) is 2.56. The lowest BCUT2D eigenvalue weighted by molar-refractivity contribution is -0.123. The van der Waals surface area contributed by atoms with Crippen LogP contribution in [0.1, 0.15) is 42.7 Å². The Morgan fingerprint density at radius 1 is 1.17 bits per heavy atom. The smallest absolute Gasteiger partial charge is 0.272 e. The minimum Gasteiger partial charge on any atom is -0.496 e. The number of carbonyl (C=O) groups excluding carboxylic acids is 3. The maximum atomic E-state index is 13.6. The number of ether oxygens (including phenoxy) is 1. The fraction of sp³-hybridized carbons (Fsp3) is 0.355. The molecule has 41 heavy (non-hydrogen) atoms. The van der Waals surface area contributed by atoms with Crippen molar-refractivity contribution >= 4 is 28.6 Å². The van der Waals surface area contributed by atoms with Gasteiger partial charge in [-0.25, -0.2) is 0 Å². The van der Waals surface area contributed by atoms with Crippen molar-refractivity contribution in [2.75, 3.05) is 13.7 Å². The van der Waals surface area contributed by atoms with Crippen LogP contribution in [-0.4, -0.2) is 48.4 Å². The van der Waals surface area contributed by atoms with Gasteiger partial charge in [0.1, 0.15) is 23.2 Å². The van der Waals surface area contributed by atoms with Gasteiger partial charge in [0.05, 0.1) is 19.2 Å². The summed E-state index contributed by atoms with van der Waals surface area (Å²) in [5.41, 5.74) is 2.05. The van der Waals surface area contributed by atoms with E-state index < -0.39 is 23.9 Å². The Bertz CT molecular complexity index is 1460. The lowest BCUT2D eigenvalue weighted by atomic mass is 9.93. The Kier molecular flexibility index (Phi) is 9.77. The summed E-state index contributed by atoms with van der Waals surface area (Å²) < 4.78 is 5.39. The predicted octanol–water partition coefficient (Wildman–Crippen LogP) is 3.14. The molecule has 1 unspecified atom stereocenters. The van der Waals surface area contributed by atoms with E-state index in [4.69, 9.17) is 4.74 Å². The van der Waals surface area contributed by atoms with E-state index in [0.29, 0.717) is 25.3 Å². The van der Waals surface area contributed by atoms with Crippen molar-refractivity contribution in [1.82, 2.24) is 26.3 Å². The number of aromatic amines is 1. The molecule has 3 amide bonds. The molecule has 5 N–H and O–H groups in total. The van der Waals surface area contributed by atoms with E-state index in [2.05, 4.69) is 32.3 Å². The molecule has 0 spiro atoms. The first-order valence-corrected chi connectivity index (χ1v) is 13.7. The van der Waals surface area contributed by atoms with E-state index in [9.17, 15) is 19.6 Å². The number of aromatic nitrogens is 1. The van der Waals surface area contributed by atoms with Crippen molar-refractivity contribution < 1.29 is 19.1 Å². The number of hydrogen-bond acceptors (Lipinski definition) is 6. The summed E-state index contributed by atoms with van der Waals surface area (Å²) in [5, 5.41) is 22.5. The van der Waals surface area contributed by atoms with Crippen molar-refractivity contribution in [3.8, 4) is 11.8 Å². The van der Waals surface area contributed by atoms with Gasteiger partial charge in [-0.15, -0.1) is 0 Å². The second-order valence-electron chi connectivity index (χ2n) is 10.4. The topological polar surface area (TPSA) is 148 Å². The fourth-order valence-electron chi connectivity index (χ4n) is 4.93. The van der Waals surface area contributed by atoms with Gasteiger partial charge in [-0.05, 0) is 42.5 Å². The zero-order valence-electron chi connectivity index (χ0n) is 23.5. The van der Waals surface area contributed by atoms with Gasteiger partial charge in [0, 0.05) is 29.9 Å². The summed E-state index contributed by atoms with van der Waals surface area (Å²) in [5.74, 6) is -0.881. The highest BCUT2D eigenvalue weighted by atomic mass is 16.5. The first-order valence-electron chi connectivity index (χ1n) is 13.7. The van der Waals surface area contributed by atoms with E-state index in [0.717, 1.165) is 16.5 Å². The molecule has 3 atom stereocenters. The molecular formula is C31H36N6O4. The SMILES string of the molecule is COc1cccc2[nH]c(C(=O)N/C(=C/C(C)C)C(=O)N[C@@H](C[C@@H]3CCNC3=O)C(C#N)NCc3ccccc3)cc12. The number of fused-ring (bicyclic) bond motifs is 1. The quantitative estimate of drug-likeness (QED) is 0.217. The van der Waals surface area contributed by atoms with Crippen LogP contribution in [0.25, 0.3) is 10.9 Å². The molecular weight excluding hydrogens is 520 g/mol. The van der Waals surface area contributed by atoms with Crippen molar-refractivity contribution in [1.29, 1.82) is 5.26 Å². The number of H-pyrrole nitrogens is 1. The van der Waals surface area contributed by atoms with E-state index in [1.165, 1.54) is 0 Å². The van der Waals surface area contributed by atoms with Crippen molar-refractivity contribution in [2.45, 2.75) is 45.3 Å². The molecule has 3 aromatic rings. The van der Waals surface area contributed by atoms with Crippen LogP contribution in [-0.2, 0) is 16.1 Å². The van der Waals surface area contributed by atoms with Gasteiger partial charge in [0.2, 0.25) is 5.91 Å². The van der Waals surface area contributed by atoms with E-state index in [1.807, 2.05) is 56.3 Å². The molecule has 2 heterocycles. The molecule has 2 aromatic carbocycles. The maximum Gasteiger partial charge on any atom is 0.272 e. The van der Waals surface area contributed by atoms with Crippen LogP contribution in [0.4, 0.5) is 0 Å². The number of rotatable bonds is 12. The molecule has 0 bridgehead atoms. The van der Waals surface area contributed by atoms with Gasteiger partial charge in [-0.2, -0.15) is 5.26 Å². The number of carbonyl (C=O) groups is 3. The highest BCUT2D eigenvalue weighted by molar-refractivity contribution is 6.05. The second-order valence-corrected chi connectivity index (χ2v) is 10.4. The maximum absolute atomic E-state index is 13.6. The number of allylic oxidation sites excluding steroid dienone is 1. The van der Waals surface area contributed by atoms with Gasteiger partial charge in [0.15, 0.2) is 0 Å². The highest BCUT2D eigenvalue weighted by Crippen LogP contribution is 2.26. The summed E-state index contributed by atoms with van der Waals surface area (Å²) in [4.78, 5) is 42.3. The Balaban J connectivity index is 1.54. The Morgan fingerprint density at radius 2 is 1.95 bits per heavy atom. The number of amides is 3. The van der Waals surface area contributed by atoms with Gasteiger partial charge in [-0.1, -0.05) is 56.3 Å². The Hall–Kier alpha value is -4.62. The molecule has 0 radical (unpaired) electrons. The molecule has 1 aromatic heterocycles. The van der Waals surface area contributed by atoms with Crippen LogP contribution in [0.5, 0.6) is 5.75 Å². The van der Waals surface area contributed by atoms with E-state index >= 15 is 0 Å². The van der Waals surface area contributed by atoms with Crippen LogP contribution in [0.15, 0.2) is 66.4 Å². The molecule has 0 aliphatic carbocycles. The number of benzene rings is 2. The molecule has 4 rings (SSSR count). The zero-order chi connectivity index (χ0) is 29.4. The monoisotopic (exact) mass is 556 g/mol. The molecule has 1 fully saturated rings. The lowest BCUT2D eigenvalue weighted by Gasteiger charge is -2.27. The van der Waals surface area contributed by atoms with Crippen molar-refractivity contribution in [2.24, 2.45) is 11.8 Å². The van der Waals surface area contributed by atoms with Crippen LogP contribution >= 0.6 is 0 Å². The largest absolute Gasteiger partial charge is 0.496 e. The van der Waals surface area contributed by atoms with Crippen molar-refractivity contribution in [3.05, 3.63) is 77.6 Å². The van der Waals surface area contributed by atoms with Crippen LogP contribution in [0.3, 0.4) is 0 Å². The van der Waals surface area contributed by atoms with Crippen LogP contribution in [0.2, 0.25) is 0 Å². The summed E-state index contributed by atoms with van der Waals surface area (Å²) >= 11 is 0.